The van der Waals surface area contributed by atoms with E-state index in [-0.39, 0.29) is 10.8 Å². The van der Waals surface area contributed by atoms with Gasteiger partial charge in [0.2, 0.25) is 10.0 Å². The van der Waals surface area contributed by atoms with Crippen LogP contribution in [0.1, 0.15) is 30.1 Å². The molecule has 0 aliphatic heterocycles. The van der Waals surface area contributed by atoms with Gasteiger partial charge >= 0.3 is 0 Å². The minimum Gasteiger partial charge on any atom is -0.322 e. The second-order valence-electron chi connectivity index (χ2n) is 5.36. The highest BCUT2D eigenvalue weighted by Crippen LogP contribution is 2.21. The lowest BCUT2D eigenvalue weighted by molar-refractivity contribution is 0.102. The number of sulfonamides is 1. The Morgan fingerprint density at radius 2 is 1.96 bits per heavy atom. The lowest BCUT2D eigenvalue weighted by Gasteiger charge is -2.10. The lowest BCUT2D eigenvalue weighted by atomic mass is 10.2. The van der Waals surface area contributed by atoms with Crippen molar-refractivity contribution < 1.29 is 13.2 Å². The highest BCUT2D eigenvalue weighted by atomic mass is 127. The Hall–Kier alpha value is -1.16. The van der Waals surface area contributed by atoms with E-state index in [1.165, 1.54) is 12.1 Å². The first-order valence-corrected chi connectivity index (χ1v) is 10.6. The number of carbonyl (C=O) groups excluding carboxylic acids is 1. The minimum atomic E-state index is -3.59. The molecular formula is C17H18ClIN2O3S. The third-order valence-corrected chi connectivity index (χ3v) is 5.99. The molecule has 2 N–H and O–H groups in total. The van der Waals surface area contributed by atoms with Crippen LogP contribution in [0.4, 0.5) is 5.69 Å². The molecule has 1 amide bonds. The van der Waals surface area contributed by atoms with Crippen molar-refractivity contribution in [2.45, 2.75) is 24.7 Å². The fourth-order valence-corrected chi connectivity index (χ4v) is 4.32. The van der Waals surface area contributed by atoms with Gasteiger partial charge in [0.05, 0.1) is 10.5 Å². The fraction of sp³-hybridized carbons (Fsp3) is 0.235. The standard InChI is InChI=1S/C17H18ClIN2O3S/c1-2-3-9-20-25(23,24)14-6-4-5-13(11-14)21-17(22)15-8-7-12(18)10-16(15)19/h4-8,10-11,20H,2-3,9H2,1H3,(H,21,22). The first-order chi connectivity index (χ1) is 11.8. The van der Waals surface area contributed by atoms with Gasteiger partial charge in [-0.25, -0.2) is 13.1 Å². The third kappa shape index (κ3) is 5.67. The normalized spacial score (nSPS) is 11.3. The molecule has 0 fully saturated rings. The van der Waals surface area contributed by atoms with Crippen molar-refractivity contribution in [1.82, 2.24) is 4.72 Å². The molecule has 0 saturated carbocycles. The Kier molecular flexibility index (Phi) is 7.24. The number of halogens is 2. The Balaban J connectivity index is 2.17. The Morgan fingerprint density at radius 1 is 1.20 bits per heavy atom. The molecule has 0 bridgehead atoms. The van der Waals surface area contributed by atoms with Gasteiger partial charge in [-0.2, -0.15) is 0 Å². The van der Waals surface area contributed by atoms with Crippen LogP contribution in [0.3, 0.4) is 0 Å². The average Bonchev–Trinajstić information content (AvgIpc) is 2.55. The van der Waals surface area contributed by atoms with E-state index in [9.17, 15) is 13.2 Å². The second-order valence-corrected chi connectivity index (χ2v) is 8.72. The van der Waals surface area contributed by atoms with Gasteiger partial charge in [-0.1, -0.05) is 31.0 Å². The molecule has 0 radical (unpaired) electrons. The zero-order valence-corrected chi connectivity index (χ0v) is 17.3. The Labute approximate surface area is 166 Å². The third-order valence-electron chi connectivity index (χ3n) is 3.40. The van der Waals surface area contributed by atoms with Crippen LogP contribution in [-0.2, 0) is 10.0 Å². The van der Waals surface area contributed by atoms with E-state index in [0.717, 1.165) is 12.8 Å². The number of unbranched alkanes of at least 4 members (excludes halogenated alkanes) is 1. The summed E-state index contributed by atoms with van der Waals surface area (Å²) in [6.45, 7) is 2.38. The zero-order chi connectivity index (χ0) is 18.4. The van der Waals surface area contributed by atoms with Crippen molar-refractivity contribution in [2.75, 3.05) is 11.9 Å². The first-order valence-electron chi connectivity index (χ1n) is 7.69. The van der Waals surface area contributed by atoms with E-state index in [1.54, 1.807) is 30.3 Å². The van der Waals surface area contributed by atoms with Crippen molar-refractivity contribution in [3.63, 3.8) is 0 Å². The first kappa shape index (κ1) is 20.2. The van der Waals surface area contributed by atoms with E-state index in [0.29, 0.717) is 26.4 Å². The fourth-order valence-electron chi connectivity index (χ4n) is 2.08. The molecule has 0 spiro atoms. The lowest BCUT2D eigenvalue weighted by Crippen LogP contribution is -2.24. The largest absolute Gasteiger partial charge is 0.322 e. The van der Waals surface area contributed by atoms with Gasteiger partial charge in [0.15, 0.2) is 0 Å². The van der Waals surface area contributed by atoms with Gasteiger partial charge in [-0.3, -0.25) is 4.79 Å². The predicted molar refractivity (Wildman–Crippen MR) is 109 cm³/mol. The van der Waals surface area contributed by atoms with E-state index in [2.05, 4.69) is 10.0 Å². The predicted octanol–water partition coefficient (Wildman–Crippen LogP) is 4.28. The number of amides is 1. The molecule has 0 aromatic heterocycles. The summed E-state index contributed by atoms with van der Waals surface area (Å²) in [6, 6.07) is 11.1. The number of carbonyl (C=O) groups is 1. The van der Waals surface area contributed by atoms with Crippen LogP contribution in [0.5, 0.6) is 0 Å². The van der Waals surface area contributed by atoms with Crippen LogP contribution < -0.4 is 10.0 Å². The van der Waals surface area contributed by atoms with E-state index >= 15 is 0 Å². The van der Waals surface area contributed by atoms with Crippen LogP contribution in [0.15, 0.2) is 47.4 Å². The molecule has 2 rings (SSSR count). The molecule has 0 aliphatic carbocycles. The molecular weight excluding hydrogens is 475 g/mol. The second kappa shape index (κ2) is 8.98. The van der Waals surface area contributed by atoms with Gasteiger partial charge in [0.1, 0.15) is 0 Å². The molecule has 0 unspecified atom stereocenters. The van der Waals surface area contributed by atoms with Crippen molar-refractivity contribution in [2.24, 2.45) is 0 Å². The number of rotatable bonds is 7. The Bertz CT molecular complexity index is 872. The van der Waals surface area contributed by atoms with E-state index < -0.39 is 10.0 Å². The SMILES string of the molecule is CCCCNS(=O)(=O)c1cccc(NC(=O)c2ccc(Cl)cc2I)c1. The average molecular weight is 493 g/mol. The van der Waals surface area contributed by atoms with Crippen molar-refractivity contribution in [1.29, 1.82) is 0 Å². The van der Waals surface area contributed by atoms with Crippen LogP contribution in [-0.4, -0.2) is 20.9 Å². The number of nitrogens with one attached hydrogen (secondary N) is 2. The molecule has 8 heteroatoms. The molecule has 0 heterocycles. The highest BCUT2D eigenvalue weighted by Gasteiger charge is 2.15. The van der Waals surface area contributed by atoms with Crippen molar-refractivity contribution >= 4 is 55.8 Å². The number of hydrogen-bond donors (Lipinski definition) is 2. The molecule has 2 aromatic rings. The minimum absolute atomic E-state index is 0.118. The number of benzene rings is 2. The molecule has 0 saturated heterocycles. The van der Waals surface area contributed by atoms with Crippen LogP contribution in [0, 0.1) is 3.57 Å². The van der Waals surface area contributed by atoms with Crippen LogP contribution in [0.25, 0.3) is 0 Å². The van der Waals surface area contributed by atoms with E-state index in [1.807, 2.05) is 29.5 Å². The van der Waals surface area contributed by atoms with Gasteiger partial charge < -0.3 is 5.32 Å². The summed E-state index contributed by atoms with van der Waals surface area (Å²) in [5.74, 6) is -0.324. The summed E-state index contributed by atoms with van der Waals surface area (Å²) in [5.41, 5.74) is 0.883. The summed E-state index contributed by atoms with van der Waals surface area (Å²) in [6.07, 6.45) is 1.67. The number of hydrogen-bond acceptors (Lipinski definition) is 3. The van der Waals surface area contributed by atoms with E-state index in [4.69, 9.17) is 11.6 Å². The van der Waals surface area contributed by atoms with Gasteiger partial charge in [0, 0.05) is 20.8 Å². The highest BCUT2D eigenvalue weighted by molar-refractivity contribution is 14.1. The zero-order valence-electron chi connectivity index (χ0n) is 13.6. The molecule has 134 valence electrons. The summed E-state index contributed by atoms with van der Waals surface area (Å²) in [5, 5.41) is 3.27. The quantitative estimate of drug-likeness (QED) is 0.448. The van der Waals surface area contributed by atoms with Crippen LogP contribution >= 0.6 is 34.2 Å². The summed E-state index contributed by atoms with van der Waals surface area (Å²) >= 11 is 7.93. The van der Waals surface area contributed by atoms with Crippen molar-refractivity contribution in [3.8, 4) is 0 Å². The monoisotopic (exact) mass is 492 g/mol. The van der Waals surface area contributed by atoms with Gasteiger partial charge in [0.25, 0.3) is 5.91 Å². The Morgan fingerprint density at radius 3 is 2.64 bits per heavy atom. The molecule has 2 aromatic carbocycles. The maximum atomic E-state index is 12.4. The summed E-state index contributed by atoms with van der Waals surface area (Å²) in [7, 11) is -3.59. The number of anilines is 1. The summed E-state index contributed by atoms with van der Waals surface area (Å²) < 4.78 is 27.8. The molecule has 0 aliphatic rings. The maximum absolute atomic E-state index is 12.4. The van der Waals surface area contributed by atoms with Gasteiger partial charge in [-0.05, 0) is 65.4 Å². The smallest absolute Gasteiger partial charge is 0.256 e. The molecule has 25 heavy (non-hydrogen) atoms. The molecule has 0 atom stereocenters. The maximum Gasteiger partial charge on any atom is 0.256 e. The molecule has 5 nitrogen and oxygen atoms in total. The topological polar surface area (TPSA) is 75.3 Å². The van der Waals surface area contributed by atoms with Crippen LogP contribution in [0.2, 0.25) is 5.02 Å². The van der Waals surface area contributed by atoms with Gasteiger partial charge in [-0.15, -0.1) is 0 Å². The van der Waals surface area contributed by atoms with Crippen molar-refractivity contribution in [3.05, 3.63) is 56.6 Å². The summed E-state index contributed by atoms with van der Waals surface area (Å²) in [4.78, 5) is 12.5.